The molecule has 130 valence electrons. The maximum atomic E-state index is 6.04. The van der Waals surface area contributed by atoms with Crippen LogP contribution >= 0.6 is 11.6 Å². The average molecular weight is 362 g/mol. The Balaban J connectivity index is 1.91. The number of rotatable bonds is 3. The molecule has 0 saturated carbocycles. The van der Waals surface area contributed by atoms with Gasteiger partial charge in [-0.1, -0.05) is 23.7 Å². The van der Waals surface area contributed by atoms with Gasteiger partial charge in [0.15, 0.2) is 0 Å². The fourth-order valence-corrected chi connectivity index (χ4v) is 3.29. The normalized spacial score (nSPS) is 11.2. The summed E-state index contributed by atoms with van der Waals surface area (Å²) in [5.41, 5.74) is 13.5. The van der Waals surface area contributed by atoms with Gasteiger partial charge in [0, 0.05) is 22.8 Å². The Morgan fingerprint density at radius 1 is 0.923 bits per heavy atom. The van der Waals surface area contributed by atoms with Crippen LogP contribution < -0.4 is 5.73 Å². The van der Waals surface area contributed by atoms with Gasteiger partial charge >= 0.3 is 0 Å². The molecule has 0 unspecified atom stereocenters. The number of aromatic nitrogens is 2. The second-order valence-electron chi connectivity index (χ2n) is 6.70. The predicted octanol–water partition coefficient (Wildman–Crippen LogP) is 5.60. The summed E-state index contributed by atoms with van der Waals surface area (Å²) in [5.74, 6) is 0.944. The van der Waals surface area contributed by atoms with Gasteiger partial charge in [-0.05, 0) is 79.1 Å². The van der Waals surface area contributed by atoms with Crippen molar-refractivity contribution in [2.24, 2.45) is 0 Å². The summed E-state index contributed by atoms with van der Waals surface area (Å²) in [4.78, 5) is 4.92. The number of benzene rings is 3. The van der Waals surface area contributed by atoms with Gasteiger partial charge in [-0.3, -0.25) is 0 Å². The van der Waals surface area contributed by atoms with E-state index in [-0.39, 0.29) is 0 Å². The molecule has 1 heterocycles. The van der Waals surface area contributed by atoms with Crippen LogP contribution in [-0.2, 0) is 6.54 Å². The maximum Gasteiger partial charge on any atom is 0.141 e. The molecule has 2 N–H and O–H groups in total. The van der Waals surface area contributed by atoms with Crippen LogP contribution in [0.4, 0.5) is 5.69 Å². The van der Waals surface area contributed by atoms with E-state index in [1.54, 1.807) is 0 Å². The van der Waals surface area contributed by atoms with E-state index in [4.69, 9.17) is 22.3 Å². The molecule has 0 atom stereocenters. The van der Waals surface area contributed by atoms with E-state index in [0.717, 1.165) is 39.7 Å². The molecule has 26 heavy (non-hydrogen) atoms. The minimum absolute atomic E-state index is 0.732. The van der Waals surface area contributed by atoms with Crippen molar-refractivity contribution < 1.29 is 0 Å². The molecular formula is C22H20ClN3. The summed E-state index contributed by atoms with van der Waals surface area (Å²) >= 11 is 6.04. The molecule has 0 aliphatic carbocycles. The zero-order chi connectivity index (χ0) is 18.3. The number of anilines is 1. The number of nitrogens with two attached hydrogens (primary N) is 1. The van der Waals surface area contributed by atoms with Gasteiger partial charge in [0.2, 0.25) is 0 Å². The summed E-state index contributed by atoms with van der Waals surface area (Å²) in [5, 5.41) is 0.745. The smallest absolute Gasteiger partial charge is 0.141 e. The number of fused-ring (bicyclic) bond motifs is 1. The molecule has 4 heteroatoms. The predicted molar refractivity (Wildman–Crippen MR) is 110 cm³/mol. The van der Waals surface area contributed by atoms with Crippen LogP contribution in [-0.4, -0.2) is 9.55 Å². The van der Waals surface area contributed by atoms with E-state index in [2.05, 4.69) is 42.7 Å². The molecular weight excluding hydrogens is 342 g/mol. The third-order valence-electron chi connectivity index (χ3n) is 4.79. The number of aryl methyl sites for hydroxylation is 2. The fourth-order valence-electron chi connectivity index (χ4n) is 3.17. The summed E-state index contributed by atoms with van der Waals surface area (Å²) in [6.07, 6.45) is 0. The minimum Gasteiger partial charge on any atom is -0.399 e. The van der Waals surface area contributed by atoms with Crippen LogP contribution in [0.25, 0.3) is 22.4 Å². The number of halogens is 1. The first-order chi connectivity index (χ1) is 12.5. The Hall–Kier alpha value is -2.78. The second kappa shape index (κ2) is 6.50. The van der Waals surface area contributed by atoms with E-state index in [1.807, 2.05) is 36.4 Å². The second-order valence-corrected chi connectivity index (χ2v) is 7.13. The highest BCUT2D eigenvalue weighted by Gasteiger charge is 2.14. The number of hydrogen-bond acceptors (Lipinski definition) is 2. The third-order valence-corrected chi connectivity index (χ3v) is 5.04. The largest absolute Gasteiger partial charge is 0.399 e. The van der Waals surface area contributed by atoms with Crippen LogP contribution in [0.15, 0.2) is 60.7 Å². The molecule has 3 nitrogen and oxygen atoms in total. The molecule has 0 fully saturated rings. The molecule has 0 saturated heterocycles. The van der Waals surface area contributed by atoms with Gasteiger partial charge in [0.1, 0.15) is 5.82 Å². The van der Waals surface area contributed by atoms with Crippen LogP contribution in [0.2, 0.25) is 5.02 Å². The molecule has 0 radical (unpaired) electrons. The van der Waals surface area contributed by atoms with Gasteiger partial charge in [0.25, 0.3) is 0 Å². The Morgan fingerprint density at radius 3 is 2.27 bits per heavy atom. The highest BCUT2D eigenvalue weighted by molar-refractivity contribution is 6.30. The first-order valence-electron chi connectivity index (χ1n) is 8.59. The summed E-state index contributed by atoms with van der Waals surface area (Å²) in [6, 6.07) is 20.2. The molecule has 0 spiro atoms. The zero-order valence-electron chi connectivity index (χ0n) is 14.8. The minimum atomic E-state index is 0.732. The van der Waals surface area contributed by atoms with Crippen LogP contribution in [0, 0.1) is 13.8 Å². The first-order valence-corrected chi connectivity index (χ1v) is 8.97. The van der Waals surface area contributed by atoms with Crippen molar-refractivity contribution in [3.8, 4) is 11.4 Å². The molecule has 1 aromatic heterocycles. The van der Waals surface area contributed by atoms with Gasteiger partial charge in [-0.25, -0.2) is 4.98 Å². The number of imidazole rings is 1. The molecule has 0 aliphatic rings. The average Bonchev–Trinajstić information content (AvgIpc) is 2.95. The van der Waals surface area contributed by atoms with Gasteiger partial charge in [-0.15, -0.1) is 0 Å². The van der Waals surface area contributed by atoms with E-state index in [0.29, 0.717) is 0 Å². The first kappa shape index (κ1) is 16.7. The highest BCUT2D eigenvalue weighted by atomic mass is 35.5. The number of hydrogen-bond donors (Lipinski definition) is 1. The zero-order valence-corrected chi connectivity index (χ0v) is 15.6. The van der Waals surface area contributed by atoms with Crippen LogP contribution in [0.1, 0.15) is 16.7 Å². The lowest BCUT2D eigenvalue weighted by Crippen LogP contribution is -2.02. The molecule has 0 amide bonds. The fraction of sp³-hybridized carbons (Fsp3) is 0.136. The van der Waals surface area contributed by atoms with E-state index >= 15 is 0 Å². The molecule has 3 aromatic carbocycles. The van der Waals surface area contributed by atoms with Gasteiger partial charge in [-0.2, -0.15) is 0 Å². The third kappa shape index (κ3) is 3.06. The lowest BCUT2D eigenvalue weighted by molar-refractivity contribution is 0.834. The van der Waals surface area contributed by atoms with E-state index in [9.17, 15) is 0 Å². The molecule has 0 aliphatic heterocycles. The lowest BCUT2D eigenvalue weighted by Gasteiger charge is -2.11. The monoisotopic (exact) mass is 361 g/mol. The Kier molecular flexibility index (Phi) is 4.17. The van der Waals surface area contributed by atoms with Crippen molar-refractivity contribution in [1.29, 1.82) is 0 Å². The lowest BCUT2D eigenvalue weighted by atomic mass is 10.1. The maximum absolute atomic E-state index is 6.04. The van der Waals surface area contributed by atoms with Gasteiger partial charge < -0.3 is 10.3 Å². The van der Waals surface area contributed by atoms with Crippen molar-refractivity contribution >= 4 is 28.3 Å². The summed E-state index contributed by atoms with van der Waals surface area (Å²) in [6.45, 7) is 4.99. The standard InChI is InChI=1S/C22H20ClN3/c1-14-11-20-21(12-15(14)2)26(13-16-3-7-18(23)8-4-16)22(25-20)17-5-9-19(24)10-6-17/h3-12H,13,24H2,1-2H3. The van der Waals surface area contributed by atoms with Gasteiger partial charge in [0.05, 0.1) is 11.0 Å². The summed E-state index contributed by atoms with van der Waals surface area (Å²) in [7, 11) is 0. The van der Waals surface area contributed by atoms with E-state index in [1.165, 1.54) is 16.7 Å². The topological polar surface area (TPSA) is 43.8 Å². The molecule has 4 aromatic rings. The quantitative estimate of drug-likeness (QED) is 0.482. The number of nitrogens with zero attached hydrogens (tertiary/aromatic N) is 2. The molecule has 0 bridgehead atoms. The van der Waals surface area contributed by atoms with Crippen molar-refractivity contribution in [2.45, 2.75) is 20.4 Å². The van der Waals surface area contributed by atoms with Crippen LogP contribution in [0.3, 0.4) is 0 Å². The molecule has 4 rings (SSSR count). The van der Waals surface area contributed by atoms with E-state index < -0.39 is 0 Å². The highest BCUT2D eigenvalue weighted by Crippen LogP contribution is 2.28. The Labute approximate surface area is 158 Å². The van der Waals surface area contributed by atoms with Crippen molar-refractivity contribution in [2.75, 3.05) is 5.73 Å². The summed E-state index contributed by atoms with van der Waals surface area (Å²) < 4.78 is 2.26. The van der Waals surface area contributed by atoms with Crippen LogP contribution in [0.5, 0.6) is 0 Å². The number of nitrogen functional groups attached to an aromatic ring is 1. The Morgan fingerprint density at radius 2 is 1.58 bits per heavy atom. The van der Waals surface area contributed by atoms with Crippen molar-refractivity contribution in [3.63, 3.8) is 0 Å². The van der Waals surface area contributed by atoms with Crippen molar-refractivity contribution in [3.05, 3.63) is 82.4 Å². The Bertz CT molecular complexity index is 1080. The SMILES string of the molecule is Cc1cc2nc(-c3ccc(N)cc3)n(Cc3ccc(Cl)cc3)c2cc1C. The van der Waals surface area contributed by atoms with Crippen molar-refractivity contribution in [1.82, 2.24) is 9.55 Å².